The molecule has 0 spiro atoms. The summed E-state index contributed by atoms with van der Waals surface area (Å²) in [6.45, 7) is 6.83. The smallest absolute Gasteiger partial charge is 0.146 e. The molecular formula is C16H21N3O. The number of aromatic nitrogens is 1. The van der Waals surface area contributed by atoms with Crippen LogP contribution in [0.4, 0.5) is 5.82 Å². The number of aryl methyl sites for hydroxylation is 1. The number of nitrogens with zero attached hydrogens (tertiary/aromatic N) is 1. The summed E-state index contributed by atoms with van der Waals surface area (Å²) in [5.74, 6) is 7.44. The first-order valence-corrected chi connectivity index (χ1v) is 6.75. The second-order valence-electron chi connectivity index (χ2n) is 5.14. The Hall–Kier alpha value is -2.07. The average Bonchev–Trinajstić information content (AvgIpc) is 2.45. The predicted molar refractivity (Wildman–Crippen MR) is 81.6 cm³/mol. The number of rotatable bonds is 5. The summed E-state index contributed by atoms with van der Waals surface area (Å²) in [5, 5.41) is 0. The third kappa shape index (κ3) is 3.27. The predicted octanol–water partition coefficient (Wildman–Crippen LogP) is 3.38. The van der Waals surface area contributed by atoms with Crippen LogP contribution in [0, 0.1) is 6.92 Å². The highest BCUT2D eigenvalue weighted by atomic mass is 16.5. The van der Waals surface area contributed by atoms with Crippen LogP contribution in [0.1, 0.15) is 36.5 Å². The van der Waals surface area contributed by atoms with Gasteiger partial charge in [-0.15, -0.1) is 0 Å². The minimum Gasteiger partial charge on any atom is -0.488 e. The zero-order chi connectivity index (χ0) is 14.5. The zero-order valence-electron chi connectivity index (χ0n) is 12.2. The van der Waals surface area contributed by atoms with Gasteiger partial charge in [0.25, 0.3) is 0 Å². The first-order valence-electron chi connectivity index (χ1n) is 6.75. The fourth-order valence-electron chi connectivity index (χ4n) is 2.08. The topological polar surface area (TPSA) is 60.2 Å². The van der Waals surface area contributed by atoms with Gasteiger partial charge in [0.05, 0.1) is 0 Å². The molecule has 0 amide bonds. The van der Waals surface area contributed by atoms with Gasteiger partial charge in [0.1, 0.15) is 18.2 Å². The molecule has 0 saturated heterocycles. The molecule has 106 valence electrons. The van der Waals surface area contributed by atoms with Gasteiger partial charge in [-0.3, -0.25) is 0 Å². The number of hydrogen-bond acceptors (Lipinski definition) is 4. The fraction of sp³-hybridized carbons (Fsp3) is 0.312. The van der Waals surface area contributed by atoms with Crippen molar-refractivity contribution in [2.45, 2.75) is 33.3 Å². The van der Waals surface area contributed by atoms with Crippen LogP contribution in [0.15, 0.2) is 36.5 Å². The molecule has 1 heterocycles. The van der Waals surface area contributed by atoms with E-state index in [2.05, 4.69) is 49.4 Å². The maximum atomic E-state index is 5.97. The van der Waals surface area contributed by atoms with Gasteiger partial charge in [-0.1, -0.05) is 32.0 Å². The van der Waals surface area contributed by atoms with Gasteiger partial charge in [0, 0.05) is 11.8 Å². The minimum absolute atomic E-state index is 0.423. The Morgan fingerprint density at radius 3 is 2.80 bits per heavy atom. The molecule has 1 aromatic carbocycles. The summed E-state index contributed by atoms with van der Waals surface area (Å²) >= 11 is 0. The largest absolute Gasteiger partial charge is 0.488 e. The number of nitrogen functional groups attached to an aromatic ring is 1. The summed E-state index contributed by atoms with van der Waals surface area (Å²) in [4.78, 5) is 4.17. The van der Waals surface area contributed by atoms with Gasteiger partial charge in [0.15, 0.2) is 0 Å². The Morgan fingerprint density at radius 2 is 2.10 bits per heavy atom. The van der Waals surface area contributed by atoms with E-state index in [4.69, 9.17) is 10.6 Å². The fourth-order valence-corrected chi connectivity index (χ4v) is 2.08. The lowest BCUT2D eigenvalue weighted by atomic mass is 10.0. The van der Waals surface area contributed by atoms with Crippen molar-refractivity contribution in [3.05, 3.63) is 53.2 Å². The molecule has 0 fully saturated rings. The maximum absolute atomic E-state index is 5.97. The van der Waals surface area contributed by atoms with Crippen molar-refractivity contribution in [2.75, 3.05) is 5.43 Å². The van der Waals surface area contributed by atoms with Crippen LogP contribution >= 0.6 is 0 Å². The van der Waals surface area contributed by atoms with Gasteiger partial charge in [-0.2, -0.15) is 0 Å². The molecular weight excluding hydrogens is 250 g/mol. The molecule has 0 aliphatic carbocycles. The number of nitrogens with one attached hydrogen (secondary N) is 1. The SMILES string of the molecule is Cc1ccc(C(C)C)c(OCc2cccnc2NN)c1. The summed E-state index contributed by atoms with van der Waals surface area (Å²) in [5.41, 5.74) is 5.92. The highest BCUT2D eigenvalue weighted by Gasteiger charge is 2.09. The average molecular weight is 271 g/mol. The van der Waals surface area contributed by atoms with E-state index in [1.54, 1.807) is 6.20 Å². The quantitative estimate of drug-likeness (QED) is 0.646. The number of hydrazine groups is 1. The standard InChI is InChI=1S/C16H21N3O/c1-11(2)14-7-6-12(3)9-15(14)20-10-13-5-4-8-18-16(13)19-17/h4-9,11H,10,17H2,1-3H3,(H,18,19). The molecule has 1 aromatic heterocycles. The molecule has 0 aliphatic rings. The summed E-state index contributed by atoms with van der Waals surface area (Å²) in [6, 6.07) is 10.1. The molecule has 4 heteroatoms. The van der Waals surface area contributed by atoms with Crippen molar-refractivity contribution < 1.29 is 4.74 Å². The summed E-state index contributed by atoms with van der Waals surface area (Å²) in [7, 11) is 0. The normalized spacial score (nSPS) is 10.7. The molecule has 0 saturated carbocycles. The molecule has 2 rings (SSSR count). The third-order valence-electron chi connectivity index (χ3n) is 3.20. The Bertz CT molecular complexity index is 582. The van der Waals surface area contributed by atoms with Crippen molar-refractivity contribution >= 4 is 5.82 Å². The highest BCUT2D eigenvalue weighted by molar-refractivity contribution is 5.43. The first kappa shape index (κ1) is 14.3. The van der Waals surface area contributed by atoms with Crippen LogP contribution in [-0.2, 0) is 6.61 Å². The van der Waals surface area contributed by atoms with E-state index >= 15 is 0 Å². The monoisotopic (exact) mass is 271 g/mol. The zero-order valence-corrected chi connectivity index (χ0v) is 12.2. The molecule has 20 heavy (non-hydrogen) atoms. The molecule has 2 aromatic rings. The number of anilines is 1. The second-order valence-corrected chi connectivity index (χ2v) is 5.14. The van der Waals surface area contributed by atoms with Crippen LogP contribution < -0.4 is 16.0 Å². The van der Waals surface area contributed by atoms with Crippen LogP contribution in [0.3, 0.4) is 0 Å². The first-order chi connectivity index (χ1) is 9.61. The highest BCUT2D eigenvalue weighted by Crippen LogP contribution is 2.28. The van der Waals surface area contributed by atoms with Crippen LogP contribution in [0.5, 0.6) is 5.75 Å². The van der Waals surface area contributed by atoms with Gasteiger partial charge >= 0.3 is 0 Å². The lowest BCUT2D eigenvalue weighted by Crippen LogP contribution is -2.12. The van der Waals surface area contributed by atoms with Crippen molar-refractivity contribution in [3.63, 3.8) is 0 Å². The molecule has 0 unspecified atom stereocenters. The summed E-state index contributed by atoms with van der Waals surface area (Å²) < 4.78 is 5.97. The third-order valence-corrected chi connectivity index (χ3v) is 3.20. The summed E-state index contributed by atoms with van der Waals surface area (Å²) in [6.07, 6.45) is 1.70. The minimum atomic E-state index is 0.423. The number of pyridine rings is 1. The molecule has 0 atom stereocenters. The van der Waals surface area contributed by atoms with Crippen LogP contribution in [-0.4, -0.2) is 4.98 Å². The molecule has 3 N–H and O–H groups in total. The molecule has 0 bridgehead atoms. The molecule has 4 nitrogen and oxygen atoms in total. The van der Waals surface area contributed by atoms with E-state index in [-0.39, 0.29) is 0 Å². The van der Waals surface area contributed by atoms with E-state index < -0.39 is 0 Å². The van der Waals surface area contributed by atoms with Gasteiger partial charge < -0.3 is 10.2 Å². The van der Waals surface area contributed by atoms with E-state index in [9.17, 15) is 0 Å². The Balaban J connectivity index is 2.20. The number of ether oxygens (including phenoxy) is 1. The van der Waals surface area contributed by atoms with Crippen molar-refractivity contribution in [3.8, 4) is 5.75 Å². The Kier molecular flexibility index (Phi) is 4.58. The number of nitrogens with two attached hydrogens (primary N) is 1. The van der Waals surface area contributed by atoms with E-state index in [0.29, 0.717) is 18.3 Å². The van der Waals surface area contributed by atoms with Gasteiger partial charge in [-0.05, 0) is 36.1 Å². The van der Waals surface area contributed by atoms with E-state index in [0.717, 1.165) is 11.3 Å². The van der Waals surface area contributed by atoms with Gasteiger partial charge in [0.2, 0.25) is 0 Å². The van der Waals surface area contributed by atoms with Crippen molar-refractivity contribution in [2.24, 2.45) is 5.84 Å². The van der Waals surface area contributed by atoms with Crippen molar-refractivity contribution in [1.29, 1.82) is 0 Å². The number of benzene rings is 1. The van der Waals surface area contributed by atoms with Crippen LogP contribution in [0.25, 0.3) is 0 Å². The molecule has 0 aliphatic heterocycles. The second kappa shape index (κ2) is 6.39. The van der Waals surface area contributed by atoms with E-state index in [1.807, 2.05) is 12.1 Å². The number of hydrogen-bond donors (Lipinski definition) is 2. The lowest BCUT2D eigenvalue weighted by Gasteiger charge is -2.15. The molecule has 0 radical (unpaired) electrons. The van der Waals surface area contributed by atoms with Gasteiger partial charge in [-0.25, -0.2) is 10.8 Å². The lowest BCUT2D eigenvalue weighted by molar-refractivity contribution is 0.302. The van der Waals surface area contributed by atoms with Crippen molar-refractivity contribution in [1.82, 2.24) is 4.98 Å². The Morgan fingerprint density at radius 1 is 1.30 bits per heavy atom. The maximum Gasteiger partial charge on any atom is 0.146 e. The van der Waals surface area contributed by atoms with Crippen LogP contribution in [0.2, 0.25) is 0 Å². The Labute approximate surface area is 120 Å². The van der Waals surface area contributed by atoms with E-state index in [1.165, 1.54) is 11.1 Å².